The van der Waals surface area contributed by atoms with E-state index in [4.69, 9.17) is 0 Å². The SMILES string of the molecule is O[C@@H]1C[C@H](I)C2CCCCC2N1. The summed E-state index contributed by atoms with van der Waals surface area (Å²) in [6.45, 7) is 0. The molecule has 1 saturated heterocycles. The fraction of sp³-hybridized carbons (Fsp3) is 1.00. The van der Waals surface area contributed by atoms with Crippen LogP contribution in [0.2, 0.25) is 0 Å². The van der Waals surface area contributed by atoms with Crippen LogP contribution in [0.15, 0.2) is 0 Å². The number of piperidine rings is 1. The molecule has 2 rings (SSSR count). The van der Waals surface area contributed by atoms with E-state index in [2.05, 4.69) is 27.9 Å². The van der Waals surface area contributed by atoms with Crippen molar-refractivity contribution < 1.29 is 5.11 Å². The molecule has 2 fully saturated rings. The normalized spacial score (nSPS) is 48.5. The Kier molecular flexibility index (Phi) is 2.92. The Labute approximate surface area is 87.3 Å². The average Bonchev–Trinajstić information content (AvgIpc) is 2.04. The van der Waals surface area contributed by atoms with Gasteiger partial charge in [0.25, 0.3) is 0 Å². The van der Waals surface area contributed by atoms with Crippen LogP contribution in [0, 0.1) is 5.92 Å². The molecule has 2 nitrogen and oxygen atoms in total. The summed E-state index contributed by atoms with van der Waals surface area (Å²) in [5.41, 5.74) is 0. The van der Waals surface area contributed by atoms with Crippen LogP contribution in [0.25, 0.3) is 0 Å². The minimum Gasteiger partial charge on any atom is -0.379 e. The van der Waals surface area contributed by atoms with E-state index in [-0.39, 0.29) is 6.23 Å². The molecule has 1 aliphatic carbocycles. The first-order chi connectivity index (χ1) is 5.77. The fourth-order valence-corrected chi connectivity index (χ4v) is 3.85. The molecular formula is C9H16INO. The van der Waals surface area contributed by atoms with Crippen molar-refractivity contribution in [3.63, 3.8) is 0 Å². The van der Waals surface area contributed by atoms with Crippen molar-refractivity contribution in [3.8, 4) is 0 Å². The maximum absolute atomic E-state index is 9.50. The van der Waals surface area contributed by atoms with Gasteiger partial charge in [0.15, 0.2) is 0 Å². The molecule has 0 amide bonds. The van der Waals surface area contributed by atoms with Gasteiger partial charge in [-0.15, -0.1) is 0 Å². The van der Waals surface area contributed by atoms with Gasteiger partial charge in [-0.05, 0) is 25.2 Å². The number of halogens is 1. The molecule has 0 bridgehead atoms. The van der Waals surface area contributed by atoms with Crippen LogP contribution in [-0.4, -0.2) is 21.3 Å². The molecular weight excluding hydrogens is 265 g/mol. The molecule has 2 unspecified atom stereocenters. The molecule has 0 aromatic carbocycles. The molecule has 2 aliphatic rings. The van der Waals surface area contributed by atoms with Gasteiger partial charge in [-0.3, -0.25) is 5.32 Å². The van der Waals surface area contributed by atoms with Crippen LogP contribution in [0.1, 0.15) is 32.1 Å². The van der Waals surface area contributed by atoms with Crippen molar-refractivity contribution in [3.05, 3.63) is 0 Å². The predicted molar refractivity (Wildman–Crippen MR) is 57.3 cm³/mol. The third-order valence-electron chi connectivity index (χ3n) is 3.14. The first kappa shape index (κ1) is 9.21. The van der Waals surface area contributed by atoms with E-state index in [1.165, 1.54) is 25.7 Å². The van der Waals surface area contributed by atoms with Gasteiger partial charge in [-0.1, -0.05) is 35.4 Å². The van der Waals surface area contributed by atoms with Gasteiger partial charge in [-0.2, -0.15) is 0 Å². The van der Waals surface area contributed by atoms with Gasteiger partial charge in [0.1, 0.15) is 6.23 Å². The Morgan fingerprint density at radius 3 is 2.83 bits per heavy atom. The summed E-state index contributed by atoms with van der Waals surface area (Å²) in [6.07, 6.45) is 6.04. The van der Waals surface area contributed by atoms with Gasteiger partial charge < -0.3 is 5.11 Å². The van der Waals surface area contributed by atoms with Gasteiger partial charge in [-0.25, -0.2) is 0 Å². The number of aliphatic hydroxyl groups is 1. The lowest BCUT2D eigenvalue weighted by Gasteiger charge is -2.41. The van der Waals surface area contributed by atoms with E-state index in [9.17, 15) is 5.11 Å². The molecule has 0 spiro atoms. The zero-order valence-electron chi connectivity index (χ0n) is 7.17. The van der Waals surface area contributed by atoms with Crippen LogP contribution in [0.3, 0.4) is 0 Å². The number of aliphatic hydroxyl groups excluding tert-OH is 1. The predicted octanol–water partition coefficient (Wildman–Crippen LogP) is 1.66. The third kappa shape index (κ3) is 1.77. The number of rotatable bonds is 0. The minimum atomic E-state index is -0.244. The minimum absolute atomic E-state index is 0.244. The zero-order chi connectivity index (χ0) is 8.55. The Balaban J connectivity index is 2.01. The Hall–Kier alpha value is 0.650. The van der Waals surface area contributed by atoms with E-state index in [0.717, 1.165) is 12.3 Å². The number of alkyl halides is 1. The molecule has 4 atom stereocenters. The smallest absolute Gasteiger partial charge is 0.106 e. The van der Waals surface area contributed by atoms with Gasteiger partial charge in [0, 0.05) is 9.97 Å². The van der Waals surface area contributed by atoms with E-state index in [1.54, 1.807) is 0 Å². The second-order valence-corrected chi connectivity index (χ2v) is 5.59. The van der Waals surface area contributed by atoms with Crippen LogP contribution in [0.4, 0.5) is 0 Å². The molecule has 3 heteroatoms. The highest BCUT2D eigenvalue weighted by Gasteiger charge is 2.36. The van der Waals surface area contributed by atoms with Crippen molar-refractivity contribution in [2.24, 2.45) is 5.92 Å². The monoisotopic (exact) mass is 281 g/mol. The van der Waals surface area contributed by atoms with Crippen LogP contribution in [0.5, 0.6) is 0 Å². The van der Waals surface area contributed by atoms with Gasteiger partial charge in [0.2, 0.25) is 0 Å². The highest BCUT2D eigenvalue weighted by Crippen LogP contribution is 2.35. The highest BCUT2D eigenvalue weighted by atomic mass is 127. The number of hydrogen-bond acceptors (Lipinski definition) is 2. The fourth-order valence-electron chi connectivity index (χ4n) is 2.50. The summed E-state index contributed by atoms with van der Waals surface area (Å²) in [4.78, 5) is 0. The van der Waals surface area contributed by atoms with Crippen molar-refractivity contribution >= 4 is 22.6 Å². The summed E-state index contributed by atoms with van der Waals surface area (Å²) >= 11 is 2.51. The second-order valence-electron chi connectivity index (χ2n) is 3.99. The van der Waals surface area contributed by atoms with Crippen LogP contribution in [-0.2, 0) is 0 Å². The van der Waals surface area contributed by atoms with E-state index in [0.29, 0.717) is 9.97 Å². The average molecular weight is 281 g/mol. The zero-order valence-corrected chi connectivity index (χ0v) is 9.33. The maximum Gasteiger partial charge on any atom is 0.106 e. The molecule has 70 valence electrons. The summed E-state index contributed by atoms with van der Waals surface area (Å²) in [5.74, 6) is 0.822. The lowest BCUT2D eigenvalue weighted by atomic mass is 9.79. The Morgan fingerprint density at radius 1 is 1.25 bits per heavy atom. The second kappa shape index (κ2) is 3.80. The summed E-state index contributed by atoms with van der Waals surface area (Å²) in [7, 11) is 0. The number of nitrogens with one attached hydrogen (secondary N) is 1. The Bertz CT molecular complexity index is 165. The van der Waals surface area contributed by atoms with E-state index >= 15 is 0 Å². The molecule has 12 heavy (non-hydrogen) atoms. The molecule has 1 saturated carbocycles. The van der Waals surface area contributed by atoms with Crippen molar-refractivity contribution in [1.29, 1.82) is 0 Å². The van der Waals surface area contributed by atoms with E-state index < -0.39 is 0 Å². The van der Waals surface area contributed by atoms with Crippen molar-refractivity contribution in [2.45, 2.75) is 48.3 Å². The molecule has 1 aliphatic heterocycles. The Morgan fingerprint density at radius 2 is 2.00 bits per heavy atom. The molecule has 0 aromatic rings. The number of fused-ring (bicyclic) bond motifs is 1. The lowest BCUT2D eigenvalue weighted by Crippen LogP contribution is -2.53. The highest BCUT2D eigenvalue weighted by molar-refractivity contribution is 14.1. The largest absolute Gasteiger partial charge is 0.379 e. The third-order valence-corrected chi connectivity index (χ3v) is 4.57. The van der Waals surface area contributed by atoms with Crippen molar-refractivity contribution in [1.82, 2.24) is 5.32 Å². The quantitative estimate of drug-likeness (QED) is 0.523. The van der Waals surface area contributed by atoms with Gasteiger partial charge in [0.05, 0.1) is 0 Å². The first-order valence-corrected chi connectivity index (χ1v) is 6.10. The summed E-state index contributed by atoms with van der Waals surface area (Å²) in [6, 6.07) is 0.601. The first-order valence-electron chi connectivity index (χ1n) is 4.85. The maximum atomic E-state index is 9.50. The van der Waals surface area contributed by atoms with Crippen LogP contribution < -0.4 is 5.32 Å². The molecule has 0 aromatic heterocycles. The van der Waals surface area contributed by atoms with Gasteiger partial charge >= 0.3 is 0 Å². The van der Waals surface area contributed by atoms with Crippen molar-refractivity contribution in [2.75, 3.05) is 0 Å². The molecule has 2 N–H and O–H groups in total. The van der Waals surface area contributed by atoms with E-state index in [1.807, 2.05) is 0 Å². The molecule has 1 heterocycles. The summed E-state index contributed by atoms with van der Waals surface area (Å²) < 4.78 is 0.684. The topological polar surface area (TPSA) is 32.3 Å². The number of hydrogen-bond donors (Lipinski definition) is 2. The lowest BCUT2D eigenvalue weighted by molar-refractivity contribution is 0.0521. The van der Waals surface area contributed by atoms with Crippen LogP contribution >= 0.6 is 22.6 Å². The standard InChI is InChI=1S/C9H16INO/c10-7-5-9(12)11-8-4-2-1-3-6(7)8/h6-9,11-12H,1-5H2/t6?,7-,8?,9+/m0/s1. The molecule has 0 radical (unpaired) electrons. The summed E-state index contributed by atoms with van der Waals surface area (Å²) in [5, 5.41) is 12.8.